The van der Waals surface area contributed by atoms with Crippen molar-refractivity contribution in [2.45, 2.75) is 6.42 Å². The van der Waals surface area contributed by atoms with E-state index in [1.165, 1.54) is 17.2 Å². The summed E-state index contributed by atoms with van der Waals surface area (Å²) in [6, 6.07) is 14.7. The van der Waals surface area contributed by atoms with Gasteiger partial charge in [-0.2, -0.15) is 11.8 Å². The Bertz CT molecular complexity index is 1080. The Morgan fingerprint density at radius 1 is 1.03 bits per heavy atom. The number of benzene rings is 1. The van der Waals surface area contributed by atoms with E-state index in [1.807, 2.05) is 42.2 Å². The second-order valence-corrected chi connectivity index (χ2v) is 8.80. The Kier molecular flexibility index (Phi) is 5.32. The van der Waals surface area contributed by atoms with Crippen molar-refractivity contribution < 1.29 is 4.79 Å². The molecule has 0 bridgehead atoms. The first-order valence-corrected chi connectivity index (χ1v) is 11.5. The molecule has 6 heteroatoms. The van der Waals surface area contributed by atoms with E-state index >= 15 is 0 Å². The molecule has 0 radical (unpaired) electrons. The molecule has 30 heavy (non-hydrogen) atoms. The van der Waals surface area contributed by atoms with Crippen molar-refractivity contribution in [1.82, 2.24) is 15.3 Å². The SMILES string of the molecule is O=C1NCCc2[nH]c(-c3ccnc(/C=C/c4ccc(N5CCSCC5)cc4)c3)cc21. The molecular weight excluding hydrogens is 392 g/mol. The maximum absolute atomic E-state index is 12.0. The monoisotopic (exact) mass is 416 g/mol. The van der Waals surface area contributed by atoms with Gasteiger partial charge >= 0.3 is 0 Å². The van der Waals surface area contributed by atoms with Crippen molar-refractivity contribution in [3.8, 4) is 11.3 Å². The highest BCUT2D eigenvalue weighted by atomic mass is 32.2. The Morgan fingerprint density at radius 2 is 1.87 bits per heavy atom. The number of thioether (sulfide) groups is 1. The molecule has 152 valence electrons. The Labute approximate surface area is 180 Å². The van der Waals surface area contributed by atoms with Gasteiger partial charge < -0.3 is 15.2 Å². The Hall–Kier alpha value is -2.99. The molecule has 2 aliphatic heterocycles. The van der Waals surface area contributed by atoms with Crippen LogP contribution in [0.2, 0.25) is 0 Å². The molecule has 0 unspecified atom stereocenters. The van der Waals surface area contributed by atoms with Gasteiger partial charge in [0, 0.05) is 66.4 Å². The number of hydrogen-bond acceptors (Lipinski definition) is 4. The van der Waals surface area contributed by atoms with Gasteiger partial charge in [-0.05, 0) is 42.0 Å². The quantitative estimate of drug-likeness (QED) is 0.673. The van der Waals surface area contributed by atoms with Crippen molar-refractivity contribution in [2.24, 2.45) is 0 Å². The lowest BCUT2D eigenvalue weighted by molar-refractivity contribution is 0.0946. The summed E-state index contributed by atoms with van der Waals surface area (Å²) in [7, 11) is 0. The normalized spacial score (nSPS) is 16.5. The number of hydrogen-bond donors (Lipinski definition) is 2. The first-order valence-electron chi connectivity index (χ1n) is 10.3. The smallest absolute Gasteiger partial charge is 0.253 e. The summed E-state index contributed by atoms with van der Waals surface area (Å²) in [4.78, 5) is 22.3. The topological polar surface area (TPSA) is 61.0 Å². The van der Waals surface area contributed by atoms with Crippen molar-refractivity contribution in [3.63, 3.8) is 0 Å². The summed E-state index contributed by atoms with van der Waals surface area (Å²) >= 11 is 2.03. The fraction of sp³-hybridized carbons (Fsp3) is 0.250. The van der Waals surface area contributed by atoms with E-state index in [0.717, 1.165) is 53.3 Å². The highest BCUT2D eigenvalue weighted by molar-refractivity contribution is 7.99. The summed E-state index contributed by atoms with van der Waals surface area (Å²) in [5, 5.41) is 2.89. The number of aromatic amines is 1. The molecule has 1 saturated heterocycles. The van der Waals surface area contributed by atoms with Crippen LogP contribution in [0.5, 0.6) is 0 Å². The third kappa shape index (κ3) is 4.00. The summed E-state index contributed by atoms with van der Waals surface area (Å²) < 4.78 is 0. The standard InChI is InChI=1S/C24H24N4OS/c29-24-21-16-23(27-22(21)8-10-26-24)18-7-9-25-19(15-18)4-1-17-2-5-20(6-3-17)28-11-13-30-14-12-28/h1-7,9,15-16,27H,8,10-14H2,(H,26,29)/b4-1+. The van der Waals surface area contributed by atoms with Crippen molar-refractivity contribution in [1.29, 1.82) is 0 Å². The molecule has 2 N–H and O–H groups in total. The highest BCUT2D eigenvalue weighted by Crippen LogP contribution is 2.25. The number of rotatable bonds is 4. The zero-order valence-electron chi connectivity index (χ0n) is 16.7. The lowest BCUT2D eigenvalue weighted by Gasteiger charge is -2.28. The third-order valence-corrected chi connectivity index (χ3v) is 6.55. The van der Waals surface area contributed by atoms with E-state index in [1.54, 1.807) is 0 Å². The molecule has 0 atom stereocenters. The molecular formula is C24H24N4OS. The van der Waals surface area contributed by atoms with Crippen LogP contribution in [-0.4, -0.2) is 47.0 Å². The van der Waals surface area contributed by atoms with Crippen LogP contribution in [-0.2, 0) is 6.42 Å². The van der Waals surface area contributed by atoms with Crippen LogP contribution in [0.25, 0.3) is 23.4 Å². The van der Waals surface area contributed by atoms with Gasteiger partial charge in [0.15, 0.2) is 0 Å². The number of nitrogens with one attached hydrogen (secondary N) is 2. The fourth-order valence-electron chi connectivity index (χ4n) is 3.96. The average Bonchev–Trinajstić information content (AvgIpc) is 3.25. The molecule has 0 saturated carbocycles. The van der Waals surface area contributed by atoms with Gasteiger partial charge in [-0.25, -0.2) is 0 Å². The van der Waals surface area contributed by atoms with Gasteiger partial charge in [0.1, 0.15) is 0 Å². The predicted molar refractivity (Wildman–Crippen MR) is 125 cm³/mol. The minimum Gasteiger partial charge on any atom is -0.370 e. The number of carbonyl (C=O) groups excluding carboxylic acids is 1. The van der Waals surface area contributed by atoms with Crippen LogP contribution in [0.3, 0.4) is 0 Å². The lowest BCUT2D eigenvalue weighted by atomic mass is 10.1. The number of aromatic nitrogens is 2. The number of anilines is 1. The first kappa shape index (κ1) is 19.0. The lowest BCUT2D eigenvalue weighted by Crippen LogP contribution is -2.32. The molecule has 0 aliphatic carbocycles. The number of H-pyrrole nitrogens is 1. The number of fused-ring (bicyclic) bond motifs is 1. The molecule has 5 nitrogen and oxygen atoms in total. The molecule has 5 rings (SSSR count). The van der Waals surface area contributed by atoms with Gasteiger partial charge in [-0.3, -0.25) is 9.78 Å². The maximum atomic E-state index is 12.0. The molecule has 3 aromatic rings. The molecule has 2 aliphatic rings. The van der Waals surface area contributed by atoms with Gasteiger partial charge in [0.05, 0.1) is 11.3 Å². The molecule has 2 aromatic heterocycles. The van der Waals surface area contributed by atoms with Crippen LogP contribution in [0.1, 0.15) is 27.3 Å². The van der Waals surface area contributed by atoms with E-state index in [2.05, 4.69) is 50.5 Å². The maximum Gasteiger partial charge on any atom is 0.253 e. The van der Waals surface area contributed by atoms with Crippen molar-refractivity contribution in [2.75, 3.05) is 36.0 Å². The zero-order chi connectivity index (χ0) is 20.3. The fourth-order valence-corrected chi connectivity index (χ4v) is 4.86. The summed E-state index contributed by atoms with van der Waals surface area (Å²) in [5.41, 5.74) is 7.09. The Balaban J connectivity index is 1.32. The number of amides is 1. The largest absolute Gasteiger partial charge is 0.370 e. The van der Waals surface area contributed by atoms with Gasteiger partial charge in [0.2, 0.25) is 0 Å². The first-order chi connectivity index (χ1) is 14.8. The van der Waals surface area contributed by atoms with Gasteiger partial charge in [0.25, 0.3) is 5.91 Å². The van der Waals surface area contributed by atoms with E-state index in [-0.39, 0.29) is 5.91 Å². The van der Waals surface area contributed by atoms with Gasteiger partial charge in [-0.15, -0.1) is 0 Å². The second-order valence-electron chi connectivity index (χ2n) is 7.57. The minimum absolute atomic E-state index is 0.000296. The van der Waals surface area contributed by atoms with E-state index in [9.17, 15) is 4.79 Å². The van der Waals surface area contributed by atoms with Gasteiger partial charge in [-0.1, -0.05) is 18.2 Å². The zero-order valence-corrected chi connectivity index (χ0v) is 17.5. The highest BCUT2D eigenvalue weighted by Gasteiger charge is 2.19. The average molecular weight is 417 g/mol. The molecule has 1 fully saturated rings. The third-order valence-electron chi connectivity index (χ3n) is 5.61. The van der Waals surface area contributed by atoms with E-state index < -0.39 is 0 Å². The summed E-state index contributed by atoms with van der Waals surface area (Å²) in [6.45, 7) is 2.94. The summed E-state index contributed by atoms with van der Waals surface area (Å²) in [5.74, 6) is 2.41. The predicted octanol–water partition coefficient (Wildman–Crippen LogP) is 4.09. The minimum atomic E-state index is -0.000296. The van der Waals surface area contributed by atoms with Crippen LogP contribution in [0.4, 0.5) is 5.69 Å². The number of nitrogens with zero attached hydrogens (tertiary/aromatic N) is 2. The second kappa shape index (κ2) is 8.40. The molecule has 1 amide bonds. The van der Waals surface area contributed by atoms with E-state index in [0.29, 0.717) is 6.54 Å². The molecule has 0 spiro atoms. The number of pyridine rings is 1. The van der Waals surface area contributed by atoms with E-state index in [4.69, 9.17) is 0 Å². The molecule has 1 aromatic carbocycles. The Morgan fingerprint density at radius 3 is 2.67 bits per heavy atom. The number of carbonyl (C=O) groups is 1. The summed E-state index contributed by atoms with van der Waals surface area (Å²) in [6.07, 6.45) is 6.78. The van der Waals surface area contributed by atoms with Crippen LogP contribution in [0.15, 0.2) is 48.7 Å². The molecule has 4 heterocycles. The van der Waals surface area contributed by atoms with Crippen LogP contribution in [0, 0.1) is 0 Å². The van der Waals surface area contributed by atoms with Crippen LogP contribution >= 0.6 is 11.8 Å². The van der Waals surface area contributed by atoms with Crippen molar-refractivity contribution >= 4 is 35.5 Å². The van der Waals surface area contributed by atoms with Crippen LogP contribution < -0.4 is 10.2 Å². The van der Waals surface area contributed by atoms with Crippen molar-refractivity contribution in [3.05, 3.63) is 71.2 Å².